The van der Waals surface area contributed by atoms with Crippen molar-refractivity contribution in [3.63, 3.8) is 0 Å². The Labute approximate surface area is 81.4 Å². The fourth-order valence-corrected chi connectivity index (χ4v) is 0.769. The number of halogens is 4. The van der Waals surface area contributed by atoms with Crippen LogP contribution in [-0.4, -0.2) is 28.6 Å². The van der Waals surface area contributed by atoms with Gasteiger partial charge in [-0.2, -0.15) is 28.1 Å². The van der Waals surface area contributed by atoms with Crippen molar-refractivity contribution in [1.82, 2.24) is 15.0 Å². The van der Waals surface area contributed by atoms with Gasteiger partial charge in [-0.3, -0.25) is 0 Å². The lowest BCUT2D eigenvalue weighted by molar-refractivity contribution is -0.136. The average molecular weight is 229 g/mol. The second-order valence-corrected chi connectivity index (χ2v) is 2.38. The standard InChI is InChI=1S/C5H4ClF3N4O/c1-13(14-3(7)8)5-11-2(6)10-4(9)12-5/h3H,1H3. The molecule has 1 rings (SSSR count). The first-order valence-corrected chi connectivity index (χ1v) is 3.62. The molecular formula is C5H4ClF3N4O. The van der Waals surface area contributed by atoms with E-state index < -0.39 is 23.9 Å². The molecule has 0 aliphatic rings. The molecule has 0 aromatic carbocycles. The van der Waals surface area contributed by atoms with Crippen molar-refractivity contribution in [2.24, 2.45) is 0 Å². The van der Waals surface area contributed by atoms with Crippen LogP contribution in [0.4, 0.5) is 19.1 Å². The van der Waals surface area contributed by atoms with Gasteiger partial charge in [0.15, 0.2) is 0 Å². The highest BCUT2D eigenvalue weighted by Crippen LogP contribution is 2.11. The summed E-state index contributed by atoms with van der Waals surface area (Å²) in [4.78, 5) is 13.3. The number of rotatable bonds is 3. The molecule has 1 aromatic rings. The molecule has 0 aliphatic carbocycles. The van der Waals surface area contributed by atoms with E-state index in [1.54, 1.807) is 0 Å². The summed E-state index contributed by atoms with van der Waals surface area (Å²) in [6, 6.07) is 0. The smallest absolute Gasteiger partial charge is 0.217 e. The van der Waals surface area contributed by atoms with Crippen molar-refractivity contribution in [2.45, 2.75) is 6.61 Å². The van der Waals surface area contributed by atoms with Gasteiger partial charge < -0.3 is 0 Å². The van der Waals surface area contributed by atoms with E-state index in [9.17, 15) is 13.2 Å². The van der Waals surface area contributed by atoms with Gasteiger partial charge in [-0.15, -0.1) is 0 Å². The second kappa shape index (κ2) is 4.38. The molecular weight excluding hydrogens is 225 g/mol. The van der Waals surface area contributed by atoms with Crippen LogP contribution >= 0.6 is 11.6 Å². The van der Waals surface area contributed by atoms with Gasteiger partial charge in [0.2, 0.25) is 5.28 Å². The zero-order valence-electron chi connectivity index (χ0n) is 6.79. The first kappa shape index (κ1) is 10.9. The highest BCUT2D eigenvalue weighted by molar-refractivity contribution is 6.28. The van der Waals surface area contributed by atoms with E-state index in [1.807, 2.05) is 0 Å². The van der Waals surface area contributed by atoms with Crippen LogP contribution in [0.15, 0.2) is 0 Å². The maximum Gasteiger partial charge on any atom is 0.365 e. The predicted octanol–water partition coefficient (Wildman–Crippen LogP) is 1.25. The van der Waals surface area contributed by atoms with Crippen molar-refractivity contribution in [2.75, 3.05) is 12.1 Å². The van der Waals surface area contributed by atoms with E-state index in [2.05, 4.69) is 19.8 Å². The third-order valence-corrected chi connectivity index (χ3v) is 1.26. The normalized spacial score (nSPS) is 10.7. The summed E-state index contributed by atoms with van der Waals surface area (Å²) in [7, 11) is 1.08. The third-order valence-electron chi connectivity index (χ3n) is 1.09. The van der Waals surface area contributed by atoms with Crippen molar-refractivity contribution >= 4 is 17.5 Å². The maximum absolute atomic E-state index is 12.5. The van der Waals surface area contributed by atoms with Crippen molar-refractivity contribution < 1.29 is 18.0 Å². The number of anilines is 1. The topological polar surface area (TPSA) is 51.1 Å². The summed E-state index contributed by atoms with van der Waals surface area (Å²) in [6.07, 6.45) is -1.18. The van der Waals surface area contributed by atoms with Gasteiger partial charge in [0.05, 0.1) is 0 Å². The number of alkyl halides is 2. The summed E-state index contributed by atoms with van der Waals surface area (Å²) in [6.45, 7) is -3.06. The number of hydroxylamine groups is 1. The van der Waals surface area contributed by atoms with Crippen LogP contribution in [0.3, 0.4) is 0 Å². The monoisotopic (exact) mass is 228 g/mol. The minimum atomic E-state index is -3.06. The predicted molar refractivity (Wildman–Crippen MR) is 40.3 cm³/mol. The molecule has 0 spiro atoms. The molecule has 14 heavy (non-hydrogen) atoms. The zero-order valence-corrected chi connectivity index (χ0v) is 7.54. The van der Waals surface area contributed by atoms with Crippen LogP contribution in [-0.2, 0) is 4.84 Å². The van der Waals surface area contributed by atoms with E-state index in [-0.39, 0.29) is 0 Å². The Balaban J connectivity index is 2.84. The second-order valence-electron chi connectivity index (χ2n) is 2.04. The van der Waals surface area contributed by atoms with Crippen molar-refractivity contribution in [1.29, 1.82) is 0 Å². The molecule has 0 atom stereocenters. The summed E-state index contributed by atoms with van der Waals surface area (Å²) in [5.41, 5.74) is 0. The van der Waals surface area contributed by atoms with Gasteiger partial charge in [-0.05, 0) is 11.6 Å². The summed E-state index contributed by atoms with van der Waals surface area (Å²) in [5, 5.41) is 0.0404. The van der Waals surface area contributed by atoms with Gasteiger partial charge in [0.1, 0.15) is 0 Å². The number of nitrogens with zero attached hydrogens (tertiary/aromatic N) is 4. The lowest BCUT2D eigenvalue weighted by Crippen LogP contribution is -2.23. The molecule has 0 radical (unpaired) electrons. The van der Waals surface area contributed by atoms with E-state index in [0.29, 0.717) is 5.06 Å². The molecule has 0 fully saturated rings. The third kappa shape index (κ3) is 2.96. The van der Waals surface area contributed by atoms with E-state index in [4.69, 9.17) is 11.6 Å². The maximum atomic E-state index is 12.5. The Morgan fingerprint density at radius 3 is 2.50 bits per heavy atom. The molecule has 5 nitrogen and oxygen atoms in total. The molecule has 0 saturated carbocycles. The van der Waals surface area contributed by atoms with E-state index in [0.717, 1.165) is 7.05 Å². The molecule has 1 heterocycles. The van der Waals surface area contributed by atoms with E-state index in [1.165, 1.54) is 0 Å². The molecule has 0 bridgehead atoms. The van der Waals surface area contributed by atoms with E-state index >= 15 is 0 Å². The Bertz CT molecular complexity index is 306. The van der Waals surface area contributed by atoms with Gasteiger partial charge in [-0.1, -0.05) is 0 Å². The Hall–Kier alpha value is -1.15. The summed E-state index contributed by atoms with van der Waals surface area (Å²) in [5.74, 6) is -0.442. The lowest BCUT2D eigenvalue weighted by atomic mass is 10.9. The number of hydrogen-bond donors (Lipinski definition) is 0. The van der Waals surface area contributed by atoms with Gasteiger partial charge >= 0.3 is 12.7 Å². The van der Waals surface area contributed by atoms with Gasteiger partial charge in [0, 0.05) is 7.05 Å². The molecule has 0 saturated heterocycles. The van der Waals surface area contributed by atoms with Crippen LogP contribution in [0.5, 0.6) is 0 Å². The highest BCUT2D eigenvalue weighted by Gasteiger charge is 2.13. The fourth-order valence-electron chi connectivity index (χ4n) is 0.624. The Kier molecular flexibility index (Phi) is 3.42. The quantitative estimate of drug-likeness (QED) is 0.729. The lowest BCUT2D eigenvalue weighted by Gasteiger charge is -2.14. The van der Waals surface area contributed by atoms with Crippen LogP contribution in [0.25, 0.3) is 0 Å². The Morgan fingerprint density at radius 2 is 2.00 bits per heavy atom. The summed E-state index contributed by atoms with van der Waals surface area (Å²) < 4.78 is 35.9. The molecule has 78 valence electrons. The Morgan fingerprint density at radius 1 is 1.36 bits per heavy atom. The zero-order chi connectivity index (χ0) is 10.7. The van der Waals surface area contributed by atoms with Crippen LogP contribution in [0.1, 0.15) is 0 Å². The van der Waals surface area contributed by atoms with Crippen molar-refractivity contribution in [3.8, 4) is 0 Å². The van der Waals surface area contributed by atoms with Crippen LogP contribution in [0, 0.1) is 6.08 Å². The minimum absolute atomic E-state index is 0.442. The average Bonchev–Trinajstić information content (AvgIpc) is 2.00. The molecule has 1 aromatic heterocycles. The first-order valence-electron chi connectivity index (χ1n) is 3.25. The molecule has 9 heteroatoms. The minimum Gasteiger partial charge on any atom is -0.217 e. The molecule has 0 N–H and O–H groups in total. The number of hydrogen-bond acceptors (Lipinski definition) is 5. The van der Waals surface area contributed by atoms with Crippen LogP contribution in [0.2, 0.25) is 5.28 Å². The number of aromatic nitrogens is 3. The van der Waals surface area contributed by atoms with Gasteiger partial charge in [-0.25, -0.2) is 9.90 Å². The van der Waals surface area contributed by atoms with Gasteiger partial charge in [0.25, 0.3) is 5.95 Å². The summed E-state index contributed by atoms with van der Waals surface area (Å²) >= 11 is 5.26. The SMILES string of the molecule is CN(OC(F)F)c1nc(F)nc(Cl)n1. The molecule has 0 aliphatic heterocycles. The van der Waals surface area contributed by atoms with Crippen LogP contribution < -0.4 is 5.06 Å². The highest BCUT2D eigenvalue weighted by atomic mass is 35.5. The largest absolute Gasteiger partial charge is 0.365 e. The molecule has 0 unspecified atom stereocenters. The first-order chi connectivity index (χ1) is 6.49. The van der Waals surface area contributed by atoms with Crippen molar-refractivity contribution in [3.05, 3.63) is 11.4 Å². The fraction of sp³-hybridized carbons (Fsp3) is 0.400. The molecule has 0 amide bonds.